The number of hydrogen-bond donors (Lipinski definition) is 2. The highest BCUT2D eigenvalue weighted by Gasteiger charge is 2.46. The summed E-state index contributed by atoms with van der Waals surface area (Å²) in [6, 6.07) is 64.9. The maximum Gasteiger partial charge on any atom is 0.0959 e. The molecule has 44 heavy (non-hydrogen) atoms. The van der Waals surface area contributed by atoms with Crippen molar-refractivity contribution in [3.63, 3.8) is 0 Å². The van der Waals surface area contributed by atoms with Gasteiger partial charge in [-0.2, -0.15) is 0 Å². The second-order valence-corrected chi connectivity index (χ2v) is 11.3. The van der Waals surface area contributed by atoms with Gasteiger partial charge in [0.2, 0.25) is 0 Å². The summed E-state index contributed by atoms with van der Waals surface area (Å²) in [5.74, 6) is 0. The Balaban J connectivity index is 0.000000625. The predicted molar refractivity (Wildman–Crippen MR) is 184 cm³/mol. The van der Waals surface area contributed by atoms with Crippen LogP contribution in [0, 0.1) is 0 Å². The van der Waals surface area contributed by atoms with Gasteiger partial charge in [0.05, 0.1) is 11.1 Å². The highest BCUT2D eigenvalue weighted by molar-refractivity contribution is 5.56. The Morgan fingerprint density at radius 1 is 0.318 bits per heavy atom. The summed E-state index contributed by atoms with van der Waals surface area (Å²) in [6.07, 6.45) is 2.78. The van der Waals surface area contributed by atoms with Crippen LogP contribution >= 0.6 is 0 Å². The van der Waals surface area contributed by atoms with Crippen LogP contribution in [0.15, 0.2) is 182 Å². The lowest BCUT2D eigenvalue weighted by Gasteiger charge is -2.47. The second-order valence-electron chi connectivity index (χ2n) is 11.3. The molecule has 2 N–H and O–H groups in total. The summed E-state index contributed by atoms with van der Waals surface area (Å²) in [7, 11) is 0. The van der Waals surface area contributed by atoms with Crippen molar-refractivity contribution in [2.45, 2.75) is 23.9 Å². The molecule has 6 aromatic rings. The molecule has 0 aliphatic carbocycles. The summed E-state index contributed by atoms with van der Waals surface area (Å²) < 4.78 is 0. The van der Waals surface area contributed by atoms with E-state index in [-0.39, 0.29) is 0 Å². The van der Waals surface area contributed by atoms with Gasteiger partial charge >= 0.3 is 0 Å². The standard InChI is InChI=1S/C38H31N.C4H9N/c1-7-19-31(20-8-1)37(32-21-9-2-10-22-32,33-23-11-3-12-24-33)39-38(34-25-13-4-14-26-34,35-27-15-5-16-28-35)36-29-17-6-18-30-36;1-2-4-5-3-1/h1-30,39H;5H,1-4H2. The van der Waals surface area contributed by atoms with E-state index in [0.717, 1.165) is 0 Å². The minimum atomic E-state index is -0.675. The topological polar surface area (TPSA) is 24.1 Å². The van der Waals surface area contributed by atoms with E-state index < -0.39 is 11.1 Å². The maximum absolute atomic E-state index is 4.38. The van der Waals surface area contributed by atoms with Crippen LogP contribution in [0.25, 0.3) is 0 Å². The minimum absolute atomic E-state index is 0.675. The van der Waals surface area contributed by atoms with Crippen molar-refractivity contribution in [1.82, 2.24) is 10.6 Å². The Kier molecular flexibility index (Phi) is 9.42. The molecule has 0 radical (unpaired) electrons. The van der Waals surface area contributed by atoms with E-state index in [9.17, 15) is 0 Å². The van der Waals surface area contributed by atoms with Gasteiger partial charge in [0.25, 0.3) is 0 Å². The average molecular weight is 573 g/mol. The molecule has 2 nitrogen and oxygen atoms in total. The number of nitrogens with one attached hydrogen (secondary N) is 2. The normalized spacial score (nSPS) is 13.1. The van der Waals surface area contributed by atoms with Gasteiger partial charge in [0.1, 0.15) is 0 Å². The summed E-state index contributed by atoms with van der Waals surface area (Å²) in [5.41, 5.74) is 5.70. The molecule has 0 saturated carbocycles. The Morgan fingerprint density at radius 2 is 0.523 bits per heavy atom. The molecule has 7 rings (SSSR count). The van der Waals surface area contributed by atoms with Gasteiger partial charge in [-0.1, -0.05) is 182 Å². The van der Waals surface area contributed by atoms with E-state index in [2.05, 4.69) is 193 Å². The molecule has 0 spiro atoms. The first-order valence-corrected chi connectivity index (χ1v) is 15.7. The monoisotopic (exact) mass is 572 g/mol. The summed E-state index contributed by atoms with van der Waals surface area (Å²) in [6.45, 7) is 2.50. The van der Waals surface area contributed by atoms with Crippen LogP contribution in [0.4, 0.5) is 0 Å². The fourth-order valence-electron chi connectivity index (χ4n) is 6.47. The lowest BCUT2D eigenvalue weighted by Crippen LogP contribution is -2.57. The third-order valence-corrected chi connectivity index (χ3v) is 8.57. The maximum atomic E-state index is 4.38. The van der Waals surface area contributed by atoms with E-state index in [1.807, 2.05) is 0 Å². The molecule has 0 unspecified atom stereocenters. The SMILES string of the molecule is C1CCNC1.c1ccc(C(NC(c2ccccc2)(c2ccccc2)c2ccccc2)(c2ccccc2)c2ccccc2)cc1. The zero-order valence-electron chi connectivity index (χ0n) is 25.1. The van der Waals surface area contributed by atoms with E-state index in [0.29, 0.717) is 0 Å². The highest BCUT2D eigenvalue weighted by Crippen LogP contribution is 2.45. The molecule has 0 aromatic heterocycles. The average Bonchev–Trinajstić information content (AvgIpc) is 3.72. The zero-order chi connectivity index (χ0) is 29.9. The van der Waals surface area contributed by atoms with Crippen LogP contribution in [-0.2, 0) is 11.1 Å². The van der Waals surface area contributed by atoms with Gasteiger partial charge in [0.15, 0.2) is 0 Å². The molecular weight excluding hydrogens is 532 g/mol. The number of rotatable bonds is 8. The third-order valence-electron chi connectivity index (χ3n) is 8.57. The highest BCUT2D eigenvalue weighted by atomic mass is 15.1. The van der Waals surface area contributed by atoms with E-state index >= 15 is 0 Å². The molecule has 1 saturated heterocycles. The van der Waals surface area contributed by atoms with Crippen molar-refractivity contribution >= 4 is 0 Å². The first-order valence-electron chi connectivity index (χ1n) is 15.7. The summed E-state index contributed by atoms with van der Waals surface area (Å²) in [4.78, 5) is 0. The summed E-state index contributed by atoms with van der Waals surface area (Å²) >= 11 is 0. The van der Waals surface area contributed by atoms with Gasteiger partial charge in [-0.3, -0.25) is 5.32 Å². The first-order chi connectivity index (χ1) is 21.8. The fourth-order valence-corrected chi connectivity index (χ4v) is 6.47. The van der Waals surface area contributed by atoms with Gasteiger partial charge in [-0.15, -0.1) is 0 Å². The largest absolute Gasteiger partial charge is 0.317 e. The molecule has 0 bridgehead atoms. The Hall–Kier alpha value is -4.76. The molecule has 0 atom stereocenters. The third kappa shape index (κ3) is 6.01. The molecule has 218 valence electrons. The van der Waals surface area contributed by atoms with Crippen molar-refractivity contribution in [3.8, 4) is 0 Å². The lowest BCUT2D eigenvalue weighted by atomic mass is 9.70. The minimum Gasteiger partial charge on any atom is -0.317 e. The summed E-state index contributed by atoms with van der Waals surface area (Å²) in [5, 5.41) is 7.60. The van der Waals surface area contributed by atoms with Gasteiger partial charge in [-0.05, 0) is 59.3 Å². The van der Waals surface area contributed by atoms with Crippen LogP contribution in [0.1, 0.15) is 46.2 Å². The molecule has 1 fully saturated rings. The van der Waals surface area contributed by atoms with Crippen LogP contribution in [0.2, 0.25) is 0 Å². The van der Waals surface area contributed by atoms with E-state index in [4.69, 9.17) is 0 Å². The Bertz CT molecular complexity index is 1340. The molecular formula is C42H40N2. The van der Waals surface area contributed by atoms with Crippen molar-refractivity contribution < 1.29 is 0 Å². The van der Waals surface area contributed by atoms with Crippen molar-refractivity contribution in [2.75, 3.05) is 13.1 Å². The second kappa shape index (κ2) is 14.1. The van der Waals surface area contributed by atoms with Crippen LogP contribution in [0.3, 0.4) is 0 Å². The fraction of sp³-hybridized carbons (Fsp3) is 0.143. The molecule has 6 aromatic carbocycles. The predicted octanol–water partition coefficient (Wildman–Crippen LogP) is 8.93. The first kappa shape index (κ1) is 29.3. The van der Waals surface area contributed by atoms with Gasteiger partial charge in [-0.25, -0.2) is 0 Å². The quantitative estimate of drug-likeness (QED) is 0.178. The molecule has 2 heteroatoms. The van der Waals surface area contributed by atoms with Crippen molar-refractivity contribution in [3.05, 3.63) is 215 Å². The Morgan fingerprint density at radius 3 is 0.682 bits per heavy atom. The lowest BCUT2D eigenvalue weighted by molar-refractivity contribution is 0.354. The van der Waals surface area contributed by atoms with E-state index in [1.165, 1.54) is 59.3 Å². The van der Waals surface area contributed by atoms with Crippen LogP contribution in [0.5, 0.6) is 0 Å². The molecule has 0 amide bonds. The van der Waals surface area contributed by atoms with Crippen molar-refractivity contribution in [1.29, 1.82) is 0 Å². The van der Waals surface area contributed by atoms with Gasteiger partial charge < -0.3 is 5.32 Å². The Labute approximate surface area is 262 Å². The smallest absolute Gasteiger partial charge is 0.0959 e. The number of hydrogen-bond acceptors (Lipinski definition) is 2. The molecule has 1 heterocycles. The number of benzene rings is 6. The van der Waals surface area contributed by atoms with Gasteiger partial charge in [0, 0.05) is 0 Å². The van der Waals surface area contributed by atoms with Crippen LogP contribution < -0.4 is 10.6 Å². The van der Waals surface area contributed by atoms with Crippen molar-refractivity contribution in [2.24, 2.45) is 0 Å². The zero-order valence-corrected chi connectivity index (χ0v) is 25.1. The van der Waals surface area contributed by atoms with E-state index in [1.54, 1.807) is 0 Å². The molecule has 1 aliphatic rings. The molecule has 1 aliphatic heterocycles. The van der Waals surface area contributed by atoms with Crippen LogP contribution in [-0.4, -0.2) is 13.1 Å².